The molecular weight excluding hydrogens is 380 g/mol. The summed E-state index contributed by atoms with van der Waals surface area (Å²) in [5, 5.41) is 31.1. The first kappa shape index (κ1) is 19.1. The maximum atomic E-state index is 11.8. The van der Waals surface area contributed by atoms with Gasteiger partial charge in [-0.3, -0.25) is 0 Å². The van der Waals surface area contributed by atoms with Crippen LogP contribution in [0, 0.1) is 17.3 Å². The molecule has 3 nitrogen and oxygen atoms in total. The molecule has 0 bridgehead atoms. The summed E-state index contributed by atoms with van der Waals surface area (Å²) in [6.45, 7) is 2.29. The highest BCUT2D eigenvalue weighted by molar-refractivity contribution is 7.99. The lowest BCUT2D eigenvalue weighted by molar-refractivity contribution is -0.0574. The Morgan fingerprint density at radius 2 is 1.79 bits per heavy atom. The van der Waals surface area contributed by atoms with Crippen molar-refractivity contribution in [1.29, 1.82) is 0 Å². The summed E-state index contributed by atoms with van der Waals surface area (Å²) in [7, 11) is 0. The van der Waals surface area contributed by atoms with Crippen LogP contribution in [-0.4, -0.2) is 26.7 Å². The lowest BCUT2D eigenvalue weighted by atomic mass is 9.57. The number of hydrogen-bond acceptors (Lipinski definition) is 4. The molecule has 3 N–H and O–H groups in total. The van der Waals surface area contributed by atoms with Gasteiger partial charge in [0.25, 0.3) is 0 Å². The number of thioether (sulfide) groups is 1. The smallest absolute Gasteiger partial charge is 0.115 e. The van der Waals surface area contributed by atoms with Crippen molar-refractivity contribution in [3.63, 3.8) is 0 Å². The Bertz CT molecular complexity index is 967. The molecule has 0 aromatic heterocycles. The van der Waals surface area contributed by atoms with E-state index in [2.05, 4.69) is 19.1 Å². The normalized spacial score (nSPS) is 32.8. The minimum atomic E-state index is -0.683. The van der Waals surface area contributed by atoms with Crippen molar-refractivity contribution < 1.29 is 15.3 Å². The van der Waals surface area contributed by atoms with Gasteiger partial charge in [0.15, 0.2) is 0 Å². The van der Waals surface area contributed by atoms with Crippen molar-refractivity contribution in [1.82, 2.24) is 0 Å². The van der Waals surface area contributed by atoms with Crippen LogP contribution in [-0.2, 0) is 6.42 Å². The largest absolute Gasteiger partial charge is 0.508 e. The van der Waals surface area contributed by atoms with Crippen molar-refractivity contribution in [3.05, 3.63) is 59.7 Å². The molecule has 0 heterocycles. The number of aryl methyl sites for hydroxylation is 1. The molecule has 1 saturated carbocycles. The van der Waals surface area contributed by atoms with Crippen LogP contribution in [0.3, 0.4) is 0 Å². The summed E-state index contributed by atoms with van der Waals surface area (Å²) in [6, 6.07) is 13.0. The van der Waals surface area contributed by atoms with E-state index in [1.165, 1.54) is 16.7 Å². The van der Waals surface area contributed by atoms with E-state index in [1.54, 1.807) is 30.0 Å². The molecule has 3 aliphatic carbocycles. The fourth-order valence-corrected chi connectivity index (χ4v) is 7.26. The summed E-state index contributed by atoms with van der Waals surface area (Å²) >= 11 is 1.69. The molecule has 0 amide bonds. The molecule has 4 atom stereocenters. The maximum Gasteiger partial charge on any atom is 0.115 e. The van der Waals surface area contributed by atoms with Gasteiger partial charge in [-0.15, -0.1) is 11.8 Å². The number of aliphatic hydroxyl groups is 1. The fourth-order valence-electron chi connectivity index (χ4n) is 6.05. The van der Waals surface area contributed by atoms with Gasteiger partial charge in [-0.1, -0.05) is 19.1 Å². The van der Waals surface area contributed by atoms with Gasteiger partial charge >= 0.3 is 0 Å². The van der Waals surface area contributed by atoms with E-state index in [4.69, 9.17) is 0 Å². The Kier molecular flexibility index (Phi) is 4.48. The van der Waals surface area contributed by atoms with E-state index in [9.17, 15) is 15.3 Å². The number of allylic oxidation sites excluding steroid dienone is 2. The molecule has 0 radical (unpaired) electrons. The summed E-state index contributed by atoms with van der Waals surface area (Å²) in [5.74, 6) is 2.31. The second kappa shape index (κ2) is 6.82. The van der Waals surface area contributed by atoms with E-state index < -0.39 is 5.60 Å². The molecule has 5 rings (SSSR count). The molecule has 152 valence electrons. The first-order valence-electron chi connectivity index (χ1n) is 10.6. The van der Waals surface area contributed by atoms with Crippen molar-refractivity contribution in [2.24, 2.45) is 17.3 Å². The SMILES string of the molecule is C[C@]12CC=C3c4ccc(O)cc4CC[C@H]3[C@@H]1CC[C@@]2(O)CSc1ccc(O)cc1. The predicted molar refractivity (Wildman–Crippen MR) is 117 cm³/mol. The Hall–Kier alpha value is -1.91. The molecule has 0 saturated heterocycles. The van der Waals surface area contributed by atoms with Crippen LogP contribution >= 0.6 is 11.8 Å². The summed E-state index contributed by atoms with van der Waals surface area (Å²) < 4.78 is 0. The molecule has 2 aromatic carbocycles. The summed E-state index contributed by atoms with van der Waals surface area (Å²) in [5.41, 5.74) is 3.20. The zero-order valence-corrected chi connectivity index (χ0v) is 17.6. The molecule has 2 aromatic rings. The van der Waals surface area contributed by atoms with E-state index in [0.29, 0.717) is 23.3 Å². The minimum Gasteiger partial charge on any atom is -0.508 e. The van der Waals surface area contributed by atoms with E-state index in [0.717, 1.165) is 37.0 Å². The molecule has 0 spiro atoms. The van der Waals surface area contributed by atoms with Crippen molar-refractivity contribution in [3.8, 4) is 11.5 Å². The number of aromatic hydroxyl groups is 2. The number of phenols is 2. The Labute approximate surface area is 176 Å². The van der Waals surface area contributed by atoms with Crippen molar-refractivity contribution in [2.75, 3.05) is 5.75 Å². The van der Waals surface area contributed by atoms with Crippen LogP contribution in [0.25, 0.3) is 5.57 Å². The predicted octanol–water partition coefficient (Wildman–Crippen LogP) is 5.39. The van der Waals surface area contributed by atoms with E-state index >= 15 is 0 Å². The average Bonchev–Trinajstić information content (AvgIpc) is 2.98. The Morgan fingerprint density at radius 3 is 2.59 bits per heavy atom. The second-order valence-electron chi connectivity index (χ2n) is 9.23. The van der Waals surface area contributed by atoms with Crippen LogP contribution in [0.15, 0.2) is 53.4 Å². The van der Waals surface area contributed by atoms with E-state index in [1.807, 2.05) is 18.2 Å². The quantitative estimate of drug-likeness (QED) is 0.596. The number of phenolic OH excluding ortho intramolecular Hbond substituents is 2. The molecule has 29 heavy (non-hydrogen) atoms. The summed E-state index contributed by atoms with van der Waals surface area (Å²) in [6.07, 6.45) is 7.29. The Balaban J connectivity index is 1.41. The van der Waals surface area contributed by atoms with E-state index in [-0.39, 0.29) is 11.2 Å². The third kappa shape index (κ3) is 3.00. The highest BCUT2D eigenvalue weighted by Gasteiger charge is 2.59. The van der Waals surface area contributed by atoms with Crippen LogP contribution in [0.2, 0.25) is 0 Å². The Morgan fingerprint density at radius 1 is 1.03 bits per heavy atom. The highest BCUT2D eigenvalue weighted by atomic mass is 32.2. The molecule has 0 aliphatic heterocycles. The number of benzene rings is 2. The standard InChI is InChI=1S/C25H28O3S/c1-24-12-10-21-20-9-5-18(27)14-16(20)2-8-22(21)23(24)11-13-25(24,28)15-29-19-6-3-17(26)4-7-19/h3-7,9-10,14,22-23,26-28H,2,8,11-13,15H2,1H3/t22-,23+,24+,25-/m1/s1. The van der Waals surface area contributed by atoms with Crippen molar-refractivity contribution >= 4 is 17.3 Å². The topological polar surface area (TPSA) is 60.7 Å². The maximum absolute atomic E-state index is 11.8. The monoisotopic (exact) mass is 408 g/mol. The van der Waals surface area contributed by atoms with Gasteiger partial charge < -0.3 is 15.3 Å². The molecule has 0 unspecified atom stereocenters. The van der Waals surface area contributed by atoms with Crippen LogP contribution < -0.4 is 0 Å². The lowest BCUT2D eigenvalue weighted by Crippen LogP contribution is -2.50. The number of hydrogen-bond donors (Lipinski definition) is 3. The fraction of sp³-hybridized carbons (Fsp3) is 0.440. The number of fused-ring (bicyclic) bond motifs is 5. The molecule has 1 fully saturated rings. The highest BCUT2D eigenvalue weighted by Crippen LogP contribution is 2.63. The average molecular weight is 409 g/mol. The third-order valence-corrected chi connectivity index (χ3v) is 9.05. The number of rotatable bonds is 3. The summed E-state index contributed by atoms with van der Waals surface area (Å²) in [4.78, 5) is 1.08. The van der Waals surface area contributed by atoms with Gasteiger partial charge in [0.05, 0.1) is 5.60 Å². The second-order valence-corrected chi connectivity index (χ2v) is 10.3. The van der Waals surface area contributed by atoms with Crippen molar-refractivity contribution in [2.45, 2.75) is 49.5 Å². The first-order chi connectivity index (χ1) is 13.9. The van der Waals surface area contributed by atoms with Crippen LogP contribution in [0.5, 0.6) is 11.5 Å². The van der Waals surface area contributed by atoms with Crippen LogP contribution in [0.4, 0.5) is 0 Å². The zero-order chi connectivity index (χ0) is 20.2. The molecular formula is C25H28O3S. The van der Waals surface area contributed by atoms with Gasteiger partial charge in [-0.2, -0.15) is 0 Å². The molecule has 3 aliphatic rings. The van der Waals surface area contributed by atoms with Gasteiger partial charge in [-0.25, -0.2) is 0 Å². The zero-order valence-electron chi connectivity index (χ0n) is 16.8. The molecule has 4 heteroatoms. The van der Waals surface area contributed by atoms with Gasteiger partial charge in [0.2, 0.25) is 0 Å². The minimum absolute atomic E-state index is 0.112. The lowest BCUT2D eigenvalue weighted by Gasteiger charge is -2.49. The third-order valence-electron chi connectivity index (χ3n) is 7.82. The first-order valence-corrected chi connectivity index (χ1v) is 11.5. The van der Waals surface area contributed by atoms with Gasteiger partial charge in [0.1, 0.15) is 11.5 Å². The van der Waals surface area contributed by atoms with Gasteiger partial charge in [-0.05, 0) is 97.0 Å². The van der Waals surface area contributed by atoms with Crippen LogP contribution in [0.1, 0.15) is 43.7 Å². The van der Waals surface area contributed by atoms with Gasteiger partial charge in [0, 0.05) is 16.1 Å².